The Bertz CT molecular complexity index is 1370. The molecule has 0 spiro atoms. The molecule has 1 fully saturated rings. The molecule has 0 saturated heterocycles. The van der Waals surface area contributed by atoms with Gasteiger partial charge in [-0.05, 0) is 0 Å². The number of hydrogen-bond donors (Lipinski definition) is 0. The Labute approximate surface area is 212 Å². The van der Waals surface area contributed by atoms with Crippen molar-refractivity contribution < 1.29 is 8.78 Å². The van der Waals surface area contributed by atoms with Gasteiger partial charge in [-0.3, -0.25) is 0 Å². The van der Waals surface area contributed by atoms with Gasteiger partial charge in [-0.2, -0.15) is 0 Å². The van der Waals surface area contributed by atoms with E-state index >= 15 is 0 Å². The van der Waals surface area contributed by atoms with Crippen LogP contribution in [0.5, 0.6) is 0 Å². The predicted octanol–water partition coefficient (Wildman–Crippen LogP) is 5.04. The van der Waals surface area contributed by atoms with Gasteiger partial charge in [0.2, 0.25) is 0 Å². The summed E-state index contributed by atoms with van der Waals surface area (Å²) < 4.78 is 29.6. The van der Waals surface area contributed by atoms with E-state index in [1.165, 1.54) is 47.4 Å². The molecule has 1 unspecified atom stereocenters. The maximum absolute atomic E-state index is 13.8. The van der Waals surface area contributed by atoms with Crippen molar-refractivity contribution in [2.45, 2.75) is 29.9 Å². The number of benzene rings is 2. The zero-order valence-electron chi connectivity index (χ0n) is 17.3. The third-order valence-electron chi connectivity index (χ3n) is 5.68. The quantitative estimate of drug-likeness (QED) is 0.305. The zero-order valence-corrected chi connectivity index (χ0v) is 22.2. The van der Waals surface area contributed by atoms with Crippen LogP contribution in [-0.4, -0.2) is 31.4 Å². The number of pyridine rings is 1. The van der Waals surface area contributed by atoms with Gasteiger partial charge >= 0.3 is 201 Å². The molecule has 0 bridgehead atoms. The van der Waals surface area contributed by atoms with Crippen molar-refractivity contribution in [1.29, 1.82) is 0 Å². The Morgan fingerprint density at radius 2 is 1.76 bits per heavy atom. The number of halogens is 4. The molecule has 2 heterocycles. The summed E-state index contributed by atoms with van der Waals surface area (Å²) in [5, 5.41) is 0.407. The second kappa shape index (κ2) is 9.65. The molecule has 0 radical (unpaired) electrons. The fourth-order valence-corrected chi connectivity index (χ4v) is 5.09. The fraction of sp³-hybridized carbons (Fsp3) is 0.208. The van der Waals surface area contributed by atoms with Gasteiger partial charge in [0, 0.05) is 0 Å². The van der Waals surface area contributed by atoms with Crippen molar-refractivity contribution in [2.24, 2.45) is 0 Å². The minimum absolute atomic E-state index is 0. The maximum atomic E-state index is 13.8. The Morgan fingerprint density at radius 3 is 2.39 bits per heavy atom. The first-order valence-electron chi connectivity index (χ1n) is 10.3. The van der Waals surface area contributed by atoms with Crippen LogP contribution in [0.2, 0.25) is 0 Å². The van der Waals surface area contributed by atoms with Crippen LogP contribution in [0.25, 0.3) is 16.7 Å². The summed E-state index contributed by atoms with van der Waals surface area (Å²) in [5.74, 6) is -0.112. The molecule has 1 aliphatic rings. The van der Waals surface area contributed by atoms with E-state index in [9.17, 15) is 13.6 Å². The molecule has 1 saturated carbocycles. The van der Waals surface area contributed by atoms with Crippen molar-refractivity contribution in [3.63, 3.8) is 0 Å². The SMILES string of the molecule is Cl.O=c1c2cc(Br)cnc2nc(C[C@H]([AsH2])c2cc(F)cc(F)c2)n1-c1ccc(C2CC2)cc1. The van der Waals surface area contributed by atoms with Gasteiger partial charge in [-0.1, -0.05) is 0 Å². The monoisotopic (exact) mass is 593 g/mol. The molecule has 4 nitrogen and oxygen atoms in total. The van der Waals surface area contributed by atoms with Crippen LogP contribution in [-0.2, 0) is 6.42 Å². The van der Waals surface area contributed by atoms with Gasteiger partial charge in [0.1, 0.15) is 0 Å². The van der Waals surface area contributed by atoms with E-state index in [4.69, 9.17) is 0 Å². The Balaban J connectivity index is 0.00000259. The number of hydrogen-bond acceptors (Lipinski definition) is 3. The normalized spacial score (nSPS) is 14.2. The number of aromatic nitrogens is 3. The average Bonchev–Trinajstić information content (AvgIpc) is 3.60. The van der Waals surface area contributed by atoms with Crippen molar-refractivity contribution >= 4 is 56.2 Å². The first-order valence-corrected chi connectivity index (χ1v) is 12.5. The topological polar surface area (TPSA) is 47.8 Å². The van der Waals surface area contributed by atoms with Crippen LogP contribution in [0, 0.1) is 11.6 Å². The van der Waals surface area contributed by atoms with Gasteiger partial charge in [0.25, 0.3) is 0 Å². The molecule has 2 aromatic heterocycles. The number of nitrogens with zero attached hydrogens (tertiary/aromatic N) is 3. The molecule has 1 aliphatic carbocycles. The molecule has 4 aromatic rings. The van der Waals surface area contributed by atoms with E-state index < -0.39 is 11.6 Å². The molecular formula is C24H20AsBrClF2N3O. The van der Waals surface area contributed by atoms with Crippen LogP contribution in [0.15, 0.2) is 64.0 Å². The third-order valence-corrected chi connectivity index (χ3v) is 7.41. The molecule has 33 heavy (non-hydrogen) atoms. The molecule has 0 amide bonds. The summed E-state index contributed by atoms with van der Waals surface area (Å²) >= 11 is 4.68. The van der Waals surface area contributed by atoms with E-state index in [1.54, 1.807) is 16.8 Å². The van der Waals surface area contributed by atoms with E-state index in [0.717, 1.165) is 6.07 Å². The van der Waals surface area contributed by atoms with Crippen molar-refractivity contribution in [3.8, 4) is 5.69 Å². The molecule has 2 aromatic carbocycles. The molecular weight excluding hydrogens is 575 g/mol. The van der Waals surface area contributed by atoms with E-state index in [0.29, 0.717) is 44.9 Å². The van der Waals surface area contributed by atoms with Crippen LogP contribution in [0.3, 0.4) is 0 Å². The molecule has 0 N–H and O–H groups in total. The van der Waals surface area contributed by atoms with Crippen LogP contribution < -0.4 is 5.56 Å². The average molecular weight is 595 g/mol. The van der Waals surface area contributed by atoms with Gasteiger partial charge in [0.15, 0.2) is 0 Å². The summed E-state index contributed by atoms with van der Waals surface area (Å²) in [7, 11) is 0. The Morgan fingerprint density at radius 1 is 1.09 bits per heavy atom. The molecule has 2 atom stereocenters. The van der Waals surface area contributed by atoms with E-state index in [-0.39, 0.29) is 22.7 Å². The second-order valence-electron chi connectivity index (χ2n) is 8.07. The summed E-state index contributed by atoms with van der Waals surface area (Å²) in [6.45, 7) is 0. The first kappa shape index (κ1) is 24.1. The number of fused-ring (bicyclic) bond motifs is 1. The van der Waals surface area contributed by atoms with Crippen LogP contribution >= 0.6 is 28.3 Å². The predicted molar refractivity (Wildman–Crippen MR) is 133 cm³/mol. The Kier molecular flexibility index (Phi) is 7.03. The standard InChI is InChI=1S/C24H19AsBrF2N3O.ClH/c25-21(15-7-17(27)10-18(28)8-15)11-22-30-23-20(9-16(26)12-29-23)24(32)31(22)19-5-3-14(4-6-19)13-1-2-13;/h3-10,12-13,21H,1-2,11,25H2;1H/t21-;/m0./s1. The first-order chi connectivity index (χ1) is 15.4. The van der Waals surface area contributed by atoms with E-state index in [1.807, 2.05) is 12.1 Å². The van der Waals surface area contributed by atoms with Crippen molar-refractivity contribution in [3.05, 3.63) is 98.1 Å². The summed E-state index contributed by atoms with van der Waals surface area (Å²) in [5.41, 5.74) is 2.66. The van der Waals surface area contributed by atoms with Crippen LogP contribution in [0.1, 0.15) is 40.4 Å². The van der Waals surface area contributed by atoms with Gasteiger partial charge in [-0.15, -0.1) is 12.4 Å². The van der Waals surface area contributed by atoms with Crippen molar-refractivity contribution in [2.75, 3.05) is 0 Å². The van der Waals surface area contributed by atoms with Crippen molar-refractivity contribution in [1.82, 2.24) is 14.5 Å². The Hall–Kier alpha value is -2.08. The zero-order chi connectivity index (χ0) is 22.4. The summed E-state index contributed by atoms with van der Waals surface area (Å²) in [6, 6.07) is 13.2. The molecule has 5 rings (SSSR count). The minimum atomic E-state index is -0.617. The third kappa shape index (κ3) is 5.06. The summed E-state index contributed by atoms with van der Waals surface area (Å²) in [6.07, 6.45) is 4.34. The van der Waals surface area contributed by atoms with E-state index in [2.05, 4.69) is 38.0 Å². The van der Waals surface area contributed by atoms with Crippen LogP contribution in [0.4, 0.5) is 8.78 Å². The summed E-state index contributed by atoms with van der Waals surface area (Å²) in [4.78, 5) is 22.5. The van der Waals surface area contributed by atoms with Gasteiger partial charge < -0.3 is 0 Å². The molecule has 170 valence electrons. The second-order valence-corrected chi connectivity index (χ2v) is 10.7. The molecule has 9 heteroatoms. The fourth-order valence-electron chi connectivity index (χ4n) is 3.91. The number of rotatable bonds is 5. The van der Waals surface area contributed by atoms with Gasteiger partial charge in [-0.25, -0.2) is 0 Å². The van der Waals surface area contributed by atoms with Gasteiger partial charge in [0.05, 0.1) is 0 Å². The molecule has 0 aliphatic heterocycles.